The van der Waals surface area contributed by atoms with E-state index in [2.05, 4.69) is 5.32 Å². The standard InChI is InChI=1S/C19H21Cl2NO2S/c1-2-18(24-17-5-3-4-16(21)12-17)19(23)22-10-11-25-13-14-6-8-15(20)9-7-14/h3-9,12,18H,2,10-11,13H2,1H3,(H,22,23)/t18-/m1/s1. The summed E-state index contributed by atoms with van der Waals surface area (Å²) >= 11 is 13.6. The predicted molar refractivity (Wildman–Crippen MR) is 107 cm³/mol. The summed E-state index contributed by atoms with van der Waals surface area (Å²) in [6.45, 7) is 2.52. The zero-order valence-electron chi connectivity index (χ0n) is 14.0. The Morgan fingerprint density at radius 3 is 2.60 bits per heavy atom. The van der Waals surface area contributed by atoms with Crippen molar-refractivity contribution in [2.45, 2.75) is 25.2 Å². The fraction of sp³-hybridized carbons (Fsp3) is 0.316. The zero-order chi connectivity index (χ0) is 18.1. The summed E-state index contributed by atoms with van der Waals surface area (Å²) in [7, 11) is 0. The fourth-order valence-corrected chi connectivity index (χ4v) is 3.28. The molecule has 1 amide bonds. The number of ether oxygens (including phenoxy) is 1. The average molecular weight is 398 g/mol. The van der Waals surface area contributed by atoms with Gasteiger partial charge in [-0.05, 0) is 42.3 Å². The molecule has 6 heteroatoms. The van der Waals surface area contributed by atoms with Gasteiger partial charge < -0.3 is 10.1 Å². The molecule has 0 heterocycles. The number of halogens is 2. The summed E-state index contributed by atoms with van der Waals surface area (Å²) < 4.78 is 5.73. The van der Waals surface area contributed by atoms with E-state index in [0.717, 1.165) is 16.5 Å². The van der Waals surface area contributed by atoms with Crippen molar-refractivity contribution < 1.29 is 9.53 Å². The summed E-state index contributed by atoms with van der Waals surface area (Å²) in [5.41, 5.74) is 1.22. The molecular weight excluding hydrogens is 377 g/mol. The molecule has 2 aromatic rings. The van der Waals surface area contributed by atoms with Crippen LogP contribution in [0.1, 0.15) is 18.9 Å². The third-order valence-corrected chi connectivity index (χ3v) is 4.98. The molecule has 25 heavy (non-hydrogen) atoms. The van der Waals surface area contributed by atoms with Crippen LogP contribution in [0.2, 0.25) is 10.0 Å². The van der Waals surface area contributed by atoms with E-state index < -0.39 is 6.10 Å². The van der Waals surface area contributed by atoms with Crippen molar-refractivity contribution >= 4 is 40.9 Å². The zero-order valence-corrected chi connectivity index (χ0v) is 16.3. The van der Waals surface area contributed by atoms with Gasteiger partial charge in [-0.3, -0.25) is 4.79 Å². The van der Waals surface area contributed by atoms with Crippen LogP contribution in [-0.2, 0) is 10.5 Å². The SMILES string of the molecule is CC[C@@H](Oc1cccc(Cl)c1)C(=O)NCCSCc1ccc(Cl)cc1. The van der Waals surface area contributed by atoms with Crippen LogP contribution < -0.4 is 10.1 Å². The van der Waals surface area contributed by atoms with Crippen molar-refractivity contribution in [2.75, 3.05) is 12.3 Å². The highest BCUT2D eigenvalue weighted by molar-refractivity contribution is 7.98. The van der Waals surface area contributed by atoms with Gasteiger partial charge in [0.05, 0.1) is 0 Å². The Kier molecular flexibility index (Phi) is 8.45. The second-order valence-corrected chi connectivity index (χ2v) is 7.42. The van der Waals surface area contributed by atoms with Gasteiger partial charge in [0.1, 0.15) is 5.75 Å². The molecule has 0 aliphatic heterocycles. The van der Waals surface area contributed by atoms with E-state index in [1.165, 1.54) is 5.56 Å². The molecule has 0 saturated heterocycles. The normalized spacial score (nSPS) is 11.8. The van der Waals surface area contributed by atoms with E-state index in [-0.39, 0.29) is 5.91 Å². The third kappa shape index (κ3) is 7.18. The fourth-order valence-electron chi connectivity index (χ4n) is 2.16. The molecule has 0 radical (unpaired) electrons. The molecule has 0 spiro atoms. The maximum Gasteiger partial charge on any atom is 0.261 e. The third-order valence-electron chi connectivity index (χ3n) is 3.47. The highest BCUT2D eigenvalue weighted by atomic mass is 35.5. The minimum Gasteiger partial charge on any atom is -0.481 e. The number of amides is 1. The number of carbonyl (C=O) groups is 1. The Hall–Kier alpha value is -1.36. The number of hydrogen-bond donors (Lipinski definition) is 1. The molecule has 3 nitrogen and oxygen atoms in total. The molecule has 0 aliphatic rings. The van der Waals surface area contributed by atoms with Gasteiger partial charge in [0.15, 0.2) is 6.10 Å². The minimum absolute atomic E-state index is 0.102. The summed E-state index contributed by atoms with van der Waals surface area (Å²) in [5.74, 6) is 2.23. The average Bonchev–Trinajstić information content (AvgIpc) is 2.61. The largest absolute Gasteiger partial charge is 0.481 e. The topological polar surface area (TPSA) is 38.3 Å². The lowest BCUT2D eigenvalue weighted by Gasteiger charge is -2.17. The highest BCUT2D eigenvalue weighted by Crippen LogP contribution is 2.19. The number of benzene rings is 2. The van der Waals surface area contributed by atoms with Gasteiger partial charge in [0.2, 0.25) is 0 Å². The number of hydrogen-bond acceptors (Lipinski definition) is 3. The van der Waals surface area contributed by atoms with Crippen molar-refractivity contribution in [3.63, 3.8) is 0 Å². The van der Waals surface area contributed by atoms with Crippen LogP contribution in [-0.4, -0.2) is 24.3 Å². The van der Waals surface area contributed by atoms with E-state index in [1.807, 2.05) is 31.2 Å². The van der Waals surface area contributed by atoms with E-state index in [9.17, 15) is 4.79 Å². The van der Waals surface area contributed by atoms with Crippen LogP contribution >= 0.6 is 35.0 Å². The molecule has 0 aliphatic carbocycles. The second-order valence-electron chi connectivity index (χ2n) is 5.44. The molecular formula is C19H21Cl2NO2S. The monoisotopic (exact) mass is 397 g/mol. The van der Waals surface area contributed by atoms with Gasteiger partial charge in [-0.25, -0.2) is 0 Å². The molecule has 0 bridgehead atoms. The molecule has 2 rings (SSSR count). The number of thioether (sulfide) groups is 1. The lowest BCUT2D eigenvalue weighted by Crippen LogP contribution is -2.39. The van der Waals surface area contributed by atoms with Gasteiger partial charge in [-0.1, -0.05) is 48.3 Å². The number of rotatable bonds is 9. The van der Waals surface area contributed by atoms with Gasteiger partial charge in [-0.2, -0.15) is 11.8 Å². The van der Waals surface area contributed by atoms with E-state index in [4.69, 9.17) is 27.9 Å². The molecule has 1 N–H and O–H groups in total. The molecule has 0 saturated carbocycles. The Bertz CT molecular complexity index is 679. The Labute approximate surface area is 163 Å². The van der Waals surface area contributed by atoms with Crippen molar-refractivity contribution in [2.24, 2.45) is 0 Å². The lowest BCUT2D eigenvalue weighted by molar-refractivity contribution is -0.127. The van der Waals surface area contributed by atoms with Crippen LogP contribution in [0.25, 0.3) is 0 Å². The van der Waals surface area contributed by atoms with Gasteiger partial charge in [0.25, 0.3) is 5.91 Å². The predicted octanol–water partition coefficient (Wildman–Crippen LogP) is 5.20. The quantitative estimate of drug-likeness (QED) is 0.590. The first-order valence-corrected chi connectivity index (χ1v) is 10.0. The Morgan fingerprint density at radius 1 is 1.16 bits per heavy atom. The molecule has 1 atom stereocenters. The smallest absolute Gasteiger partial charge is 0.261 e. The van der Waals surface area contributed by atoms with Crippen LogP contribution in [0, 0.1) is 0 Å². The maximum atomic E-state index is 12.2. The first-order chi connectivity index (χ1) is 12.1. The molecule has 0 unspecified atom stereocenters. The molecule has 0 aromatic heterocycles. The summed E-state index contributed by atoms with van der Waals surface area (Å²) in [6.07, 6.45) is 0.0794. The number of nitrogens with one attached hydrogen (secondary N) is 1. The van der Waals surface area contributed by atoms with Gasteiger partial charge in [-0.15, -0.1) is 0 Å². The molecule has 2 aromatic carbocycles. The summed E-state index contributed by atoms with van der Waals surface area (Å²) in [6, 6.07) is 14.9. The van der Waals surface area contributed by atoms with Crippen LogP contribution in [0.4, 0.5) is 0 Å². The first kappa shape index (κ1) is 20.0. The van der Waals surface area contributed by atoms with Crippen LogP contribution in [0.15, 0.2) is 48.5 Å². The van der Waals surface area contributed by atoms with Crippen molar-refractivity contribution in [1.82, 2.24) is 5.32 Å². The van der Waals surface area contributed by atoms with Crippen LogP contribution in [0.5, 0.6) is 5.75 Å². The van der Waals surface area contributed by atoms with Gasteiger partial charge >= 0.3 is 0 Å². The van der Waals surface area contributed by atoms with Crippen molar-refractivity contribution in [3.05, 3.63) is 64.1 Å². The van der Waals surface area contributed by atoms with Crippen molar-refractivity contribution in [3.8, 4) is 5.75 Å². The van der Waals surface area contributed by atoms with E-state index >= 15 is 0 Å². The van der Waals surface area contributed by atoms with Crippen molar-refractivity contribution in [1.29, 1.82) is 0 Å². The van der Waals surface area contributed by atoms with E-state index in [1.54, 1.807) is 36.0 Å². The molecule has 134 valence electrons. The first-order valence-electron chi connectivity index (χ1n) is 8.10. The Morgan fingerprint density at radius 2 is 1.92 bits per heavy atom. The summed E-state index contributed by atoms with van der Waals surface area (Å²) in [4.78, 5) is 12.2. The maximum absolute atomic E-state index is 12.2. The second kappa shape index (κ2) is 10.6. The molecule has 0 fully saturated rings. The minimum atomic E-state index is -0.514. The number of carbonyl (C=O) groups excluding carboxylic acids is 1. The Balaban J connectivity index is 1.69. The van der Waals surface area contributed by atoms with Crippen LogP contribution in [0.3, 0.4) is 0 Å². The van der Waals surface area contributed by atoms with Gasteiger partial charge in [0, 0.05) is 28.1 Å². The van der Waals surface area contributed by atoms with E-state index in [0.29, 0.717) is 23.7 Å². The lowest BCUT2D eigenvalue weighted by atomic mass is 10.2. The summed E-state index contributed by atoms with van der Waals surface area (Å²) in [5, 5.41) is 4.26. The highest BCUT2D eigenvalue weighted by Gasteiger charge is 2.17.